The fourth-order valence-electron chi connectivity index (χ4n) is 1.87. The SMILES string of the molecule is Cc1cc(-c2nnc(SCC(=O)N3CCOCC3)o2)no1. The monoisotopic (exact) mass is 310 g/mol. The average Bonchev–Trinajstić information content (AvgIpc) is 3.14. The van der Waals surface area contributed by atoms with Crippen LogP contribution in [0.3, 0.4) is 0 Å². The van der Waals surface area contributed by atoms with Crippen molar-refractivity contribution in [2.75, 3.05) is 32.1 Å². The Kier molecular flexibility index (Phi) is 4.20. The van der Waals surface area contributed by atoms with Gasteiger partial charge in [0.2, 0.25) is 5.91 Å². The van der Waals surface area contributed by atoms with Crippen LogP contribution >= 0.6 is 11.8 Å². The standard InChI is InChI=1S/C12H14N4O4S/c1-8-6-9(15-20-8)11-13-14-12(19-11)21-7-10(17)16-2-4-18-5-3-16/h6H,2-5,7H2,1H3. The Balaban J connectivity index is 1.56. The van der Waals surface area contributed by atoms with E-state index in [-0.39, 0.29) is 17.6 Å². The summed E-state index contributed by atoms with van der Waals surface area (Å²) in [5.74, 6) is 1.26. The molecule has 9 heteroatoms. The van der Waals surface area contributed by atoms with E-state index in [1.54, 1.807) is 17.9 Å². The summed E-state index contributed by atoms with van der Waals surface area (Å²) in [6.07, 6.45) is 0. The fourth-order valence-corrected chi connectivity index (χ4v) is 2.53. The maximum atomic E-state index is 12.0. The van der Waals surface area contributed by atoms with Gasteiger partial charge in [0.25, 0.3) is 11.1 Å². The molecule has 1 fully saturated rings. The summed E-state index contributed by atoms with van der Waals surface area (Å²) in [7, 11) is 0. The van der Waals surface area contributed by atoms with Crippen molar-refractivity contribution in [2.45, 2.75) is 12.1 Å². The predicted octanol–water partition coefficient (Wildman–Crippen LogP) is 0.984. The number of carbonyl (C=O) groups is 1. The number of thioether (sulfide) groups is 1. The molecule has 0 unspecified atom stereocenters. The molecule has 0 bridgehead atoms. The van der Waals surface area contributed by atoms with Crippen molar-refractivity contribution in [2.24, 2.45) is 0 Å². The largest absolute Gasteiger partial charge is 0.409 e. The Bertz CT molecular complexity index is 620. The third-order valence-corrected chi connectivity index (χ3v) is 3.74. The lowest BCUT2D eigenvalue weighted by molar-refractivity contribution is -0.132. The summed E-state index contributed by atoms with van der Waals surface area (Å²) in [4.78, 5) is 13.8. The van der Waals surface area contributed by atoms with Crippen LogP contribution < -0.4 is 0 Å². The molecular weight excluding hydrogens is 296 g/mol. The van der Waals surface area contributed by atoms with Gasteiger partial charge in [0.1, 0.15) is 5.76 Å². The van der Waals surface area contributed by atoms with Crippen LogP contribution in [0, 0.1) is 6.92 Å². The maximum absolute atomic E-state index is 12.0. The summed E-state index contributed by atoms with van der Waals surface area (Å²) < 4.78 is 15.6. The van der Waals surface area contributed by atoms with E-state index in [0.717, 1.165) is 0 Å². The molecule has 112 valence electrons. The quantitative estimate of drug-likeness (QED) is 0.771. The highest BCUT2D eigenvalue weighted by Crippen LogP contribution is 2.23. The number of carbonyl (C=O) groups excluding carboxylic acids is 1. The zero-order chi connectivity index (χ0) is 14.7. The lowest BCUT2D eigenvalue weighted by Gasteiger charge is -2.26. The second-order valence-electron chi connectivity index (χ2n) is 4.48. The van der Waals surface area contributed by atoms with Crippen LogP contribution in [0.15, 0.2) is 20.2 Å². The number of amides is 1. The van der Waals surface area contributed by atoms with Crippen LogP contribution in [0.4, 0.5) is 0 Å². The zero-order valence-electron chi connectivity index (χ0n) is 11.4. The first-order valence-electron chi connectivity index (χ1n) is 6.48. The molecule has 1 aliphatic heterocycles. The van der Waals surface area contributed by atoms with Gasteiger partial charge in [-0.2, -0.15) is 0 Å². The molecule has 1 aliphatic rings. The molecule has 21 heavy (non-hydrogen) atoms. The van der Waals surface area contributed by atoms with Crippen molar-refractivity contribution in [1.82, 2.24) is 20.3 Å². The Morgan fingerprint density at radius 1 is 1.38 bits per heavy atom. The highest BCUT2D eigenvalue weighted by molar-refractivity contribution is 7.99. The van der Waals surface area contributed by atoms with E-state index in [1.165, 1.54) is 11.8 Å². The van der Waals surface area contributed by atoms with Crippen LogP contribution in [0.1, 0.15) is 5.76 Å². The molecule has 2 aromatic rings. The van der Waals surface area contributed by atoms with Gasteiger partial charge in [0, 0.05) is 19.2 Å². The van der Waals surface area contributed by atoms with E-state index in [0.29, 0.717) is 43.0 Å². The predicted molar refractivity (Wildman–Crippen MR) is 72.7 cm³/mol. The zero-order valence-corrected chi connectivity index (χ0v) is 12.3. The van der Waals surface area contributed by atoms with Crippen molar-refractivity contribution in [3.63, 3.8) is 0 Å². The summed E-state index contributed by atoms with van der Waals surface area (Å²) in [5, 5.41) is 11.9. The topological polar surface area (TPSA) is 94.5 Å². The number of aryl methyl sites for hydroxylation is 1. The van der Waals surface area contributed by atoms with Gasteiger partial charge in [-0.05, 0) is 6.92 Å². The summed E-state index contributed by atoms with van der Waals surface area (Å²) in [6.45, 7) is 4.22. The highest BCUT2D eigenvalue weighted by atomic mass is 32.2. The molecule has 3 rings (SSSR count). The molecule has 0 saturated carbocycles. The molecule has 0 spiro atoms. The maximum Gasteiger partial charge on any atom is 0.277 e. The second-order valence-corrected chi connectivity index (χ2v) is 5.40. The van der Waals surface area contributed by atoms with Crippen LogP contribution in [-0.2, 0) is 9.53 Å². The average molecular weight is 310 g/mol. The van der Waals surface area contributed by atoms with Crippen molar-refractivity contribution in [1.29, 1.82) is 0 Å². The number of morpholine rings is 1. The molecule has 1 saturated heterocycles. The molecule has 1 amide bonds. The first-order chi connectivity index (χ1) is 10.2. The van der Waals surface area contributed by atoms with Gasteiger partial charge in [-0.25, -0.2) is 0 Å². The minimum absolute atomic E-state index is 0.0420. The molecule has 0 N–H and O–H groups in total. The first kappa shape index (κ1) is 14.1. The van der Waals surface area contributed by atoms with Crippen LogP contribution in [-0.4, -0.2) is 58.2 Å². The van der Waals surface area contributed by atoms with E-state index >= 15 is 0 Å². The normalized spacial score (nSPS) is 15.4. The Morgan fingerprint density at radius 2 is 2.19 bits per heavy atom. The number of hydrogen-bond donors (Lipinski definition) is 0. The van der Waals surface area contributed by atoms with Gasteiger partial charge in [0.15, 0.2) is 5.69 Å². The summed E-state index contributed by atoms with van der Waals surface area (Å²) >= 11 is 1.21. The van der Waals surface area contributed by atoms with E-state index in [4.69, 9.17) is 13.7 Å². The van der Waals surface area contributed by atoms with Crippen LogP contribution in [0.25, 0.3) is 11.6 Å². The number of aromatic nitrogens is 3. The molecule has 2 aromatic heterocycles. The molecule has 8 nitrogen and oxygen atoms in total. The van der Waals surface area contributed by atoms with E-state index in [9.17, 15) is 4.79 Å². The van der Waals surface area contributed by atoms with Gasteiger partial charge in [-0.1, -0.05) is 16.9 Å². The highest BCUT2D eigenvalue weighted by Gasteiger charge is 2.19. The van der Waals surface area contributed by atoms with E-state index < -0.39 is 0 Å². The van der Waals surface area contributed by atoms with Crippen LogP contribution in [0.2, 0.25) is 0 Å². The first-order valence-corrected chi connectivity index (χ1v) is 7.46. The number of hydrogen-bond acceptors (Lipinski definition) is 8. The molecule has 3 heterocycles. The molecule has 0 aromatic carbocycles. The van der Waals surface area contributed by atoms with Crippen molar-refractivity contribution in [3.8, 4) is 11.6 Å². The summed E-state index contributed by atoms with van der Waals surface area (Å²) in [6, 6.07) is 1.71. The van der Waals surface area contributed by atoms with Crippen molar-refractivity contribution >= 4 is 17.7 Å². The van der Waals surface area contributed by atoms with Gasteiger partial charge in [-0.15, -0.1) is 10.2 Å². The fraction of sp³-hybridized carbons (Fsp3) is 0.500. The van der Waals surface area contributed by atoms with Crippen LogP contribution in [0.5, 0.6) is 0 Å². The number of rotatable bonds is 4. The lowest BCUT2D eigenvalue weighted by Crippen LogP contribution is -2.41. The van der Waals surface area contributed by atoms with E-state index in [1.807, 2.05) is 0 Å². The third-order valence-electron chi connectivity index (χ3n) is 2.94. The number of ether oxygens (including phenoxy) is 1. The van der Waals surface area contributed by atoms with Gasteiger partial charge < -0.3 is 18.6 Å². The minimum atomic E-state index is 0.0420. The Labute approximate surface area is 124 Å². The van der Waals surface area contributed by atoms with Crippen molar-refractivity contribution in [3.05, 3.63) is 11.8 Å². The Hall–Kier alpha value is -1.87. The molecule has 0 aliphatic carbocycles. The second kappa shape index (κ2) is 6.27. The molecule has 0 atom stereocenters. The minimum Gasteiger partial charge on any atom is -0.409 e. The smallest absolute Gasteiger partial charge is 0.277 e. The molecule has 0 radical (unpaired) electrons. The van der Waals surface area contributed by atoms with E-state index in [2.05, 4.69) is 15.4 Å². The third kappa shape index (κ3) is 3.42. The van der Waals surface area contributed by atoms with Gasteiger partial charge in [-0.3, -0.25) is 4.79 Å². The lowest BCUT2D eigenvalue weighted by atomic mass is 10.4. The van der Waals surface area contributed by atoms with Gasteiger partial charge >= 0.3 is 0 Å². The van der Waals surface area contributed by atoms with Crippen molar-refractivity contribution < 1.29 is 18.5 Å². The molecular formula is C12H14N4O4S. The number of nitrogens with zero attached hydrogens (tertiary/aromatic N) is 4. The van der Waals surface area contributed by atoms with Gasteiger partial charge in [0.05, 0.1) is 19.0 Å². The Morgan fingerprint density at radius 3 is 2.90 bits per heavy atom. The summed E-state index contributed by atoms with van der Waals surface area (Å²) in [5.41, 5.74) is 0.492.